The maximum atomic E-state index is 4.89. The van der Waals surface area contributed by atoms with Gasteiger partial charge in [-0.3, -0.25) is 0 Å². The minimum Gasteiger partial charge on any atom is -0.306 e. The number of aryl methyl sites for hydroxylation is 2. The second-order valence-electron chi connectivity index (χ2n) is 5.70. The molecule has 1 heterocycles. The van der Waals surface area contributed by atoms with E-state index in [1.54, 1.807) is 0 Å². The third-order valence-corrected chi connectivity index (χ3v) is 4.87. The minimum absolute atomic E-state index is 0.0674. The molecule has 1 N–H and O–H groups in total. The summed E-state index contributed by atoms with van der Waals surface area (Å²) in [5.74, 6) is 0.692. The van der Waals surface area contributed by atoms with Crippen LogP contribution >= 0.6 is 11.3 Å². The van der Waals surface area contributed by atoms with Crippen LogP contribution in [0.3, 0.4) is 0 Å². The summed E-state index contributed by atoms with van der Waals surface area (Å²) in [6.07, 6.45) is 4.90. The Morgan fingerprint density at radius 3 is 2.76 bits per heavy atom. The molecule has 0 bridgehead atoms. The minimum atomic E-state index is 0.0674. The van der Waals surface area contributed by atoms with Gasteiger partial charge >= 0.3 is 0 Å². The third kappa shape index (κ3) is 2.71. The molecule has 0 spiro atoms. The molecule has 1 unspecified atom stereocenters. The lowest BCUT2D eigenvalue weighted by Gasteiger charge is -2.30. The summed E-state index contributed by atoms with van der Waals surface area (Å²) >= 11 is 1.94. The van der Waals surface area contributed by atoms with Gasteiger partial charge in [0, 0.05) is 4.88 Å². The van der Waals surface area contributed by atoms with Gasteiger partial charge in [-0.25, -0.2) is 4.98 Å². The van der Waals surface area contributed by atoms with Crippen LogP contribution in [0.4, 0.5) is 0 Å². The second kappa shape index (κ2) is 5.07. The number of aromatic nitrogens is 1. The van der Waals surface area contributed by atoms with E-state index in [2.05, 4.69) is 33.0 Å². The molecule has 0 saturated heterocycles. The summed E-state index contributed by atoms with van der Waals surface area (Å²) in [5.41, 5.74) is 1.44. The van der Waals surface area contributed by atoms with E-state index >= 15 is 0 Å². The summed E-state index contributed by atoms with van der Waals surface area (Å²) < 4.78 is 0. The van der Waals surface area contributed by atoms with Gasteiger partial charge in [0.2, 0.25) is 0 Å². The van der Waals surface area contributed by atoms with Crippen LogP contribution in [-0.4, -0.2) is 11.5 Å². The van der Waals surface area contributed by atoms with Crippen molar-refractivity contribution in [3.05, 3.63) is 15.6 Å². The van der Waals surface area contributed by atoms with Crippen LogP contribution < -0.4 is 5.32 Å². The van der Waals surface area contributed by atoms with Crippen LogP contribution in [0.25, 0.3) is 0 Å². The highest BCUT2D eigenvalue weighted by Gasteiger charge is 2.32. The van der Waals surface area contributed by atoms with Crippen molar-refractivity contribution in [1.29, 1.82) is 0 Å². The summed E-state index contributed by atoms with van der Waals surface area (Å²) in [7, 11) is 0. The zero-order valence-corrected chi connectivity index (χ0v) is 12.3. The van der Waals surface area contributed by atoms with Crippen LogP contribution in [-0.2, 0) is 18.4 Å². The maximum Gasteiger partial charge on any atom is 0.113 e. The average molecular weight is 252 g/mol. The van der Waals surface area contributed by atoms with Crippen molar-refractivity contribution in [2.75, 3.05) is 6.54 Å². The molecule has 1 atom stereocenters. The molecule has 0 radical (unpaired) electrons. The highest BCUT2D eigenvalue weighted by molar-refractivity contribution is 7.12. The molecule has 1 aliphatic rings. The number of nitrogens with zero attached hydrogens (tertiary/aromatic N) is 1. The predicted molar refractivity (Wildman–Crippen MR) is 74.6 cm³/mol. The molecule has 0 amide bonds. The van der Waals surface area contributed by atoms with Crippen LogP contribution in [0.1, 0.15) is 56.1 Å². The molecule has 1 aromatic heterocycles. The van der Waals surface area contributed by atoms with E-state index in [1.165, 1.54) is 34.8 Å². The van der Waals surface area contributed by atoms with Crippen molar-refractivity contribution in [1.82, 2.24) is 10.3 Å². The van der Waals surface area contributed by atoms with E-state index in [-0.39, 0.29) is 5.54 Å². The van der Waals surface area contributed by atoms with Crippen molar-refractivity contribution in [2.45, 2.75) is 58.9 Å². The topological polar surface area (TPSA) is 24.9 Å². The summed E-state index contributed by atoms with van der Waals surface area (Å²) in [5, 5.41) is 4.95. The first-order chi connectivity index (χ1) is 8.05. The van der Waals surface area contributed by atoms with E-state index in [1.807, 2.05) is 11.3 Å². The Labute approximate surface area is 109 Å². The Morgan fingerprint density at radius 1 is 1.41 bits per heavy atom. The summed E-state index contributed by atoms with van der Waals surface area (Å²) in [6.45, 7) is 10.1. The Kier molecular flexibility index (Phi) is 3.88. The monoisotopic (exact) mass is 252 g/mol. The SMILES string of the molecule is CCNC(C)(CC(C)C)c1nc2c(s1)CCC2. The van der Waals surface area contributed by atoms with Crippen molar-refractivity contribution >= 4 is 11.3 Å². The molecule has 3 heteroatoms. The molecular formula is C14H24N2S. The molecule has 0 fully saturated rings. The van der Waals surface area contributed by atoms with Gasteiger partial charge in [-0.2, -0.15) is 0 Å². The van der Waals surface area contributed by atoms with Gasteiger partial charge in [0.25, 0.3) is 0 Å². The molecule has 0 aromatic carbocycles. The molecular weight excluding hydrogens is 228 g/mol. The first-order valence-corrected chi connectivity index (χ1v) is 7.61. The fraction of sp³-hybridized carbons (Fsp3) is 0.786. The van der Waals surface area contributed by atoms with Crippen molar-refractivity contribution in [3.63, 3.8) is 0 Å². The number of nitrogens with one attached hydrogen (secondary N) is 1. The standard InChI is InChI=1S/C14H24N2S/c1-5-15-14(4,9-10(2)3)13-16-11-7-6-8-12(11)17-13/h10,15H,5-9H2,1-4H3. The van der Waals surface area contributed by atoms with Crippen molar-refractivity contribution in [2.24, 2.45) is 5.92 Å². The normalized spacial score (nSPS) is 18.4. The van der Waals surface area contributed by atoms with E-state index < -0.39 is 0 Å². The second-order valence-corrected chi connectivity index (χ2v) is 6.79. The largest absolute Gasteiger partial charge is 0.306 e. The third-order valence-electron chi connectivity index (χ3n) is 3.45. The van der Waals surface area contributed by atoms with E-state index in [9.17, 15) is 0 Å². The molecule has 1 aliphatic carbocycles. The number of hydrogen-bond donors (Lipinski definition) is 1. The summed E-state index contributed by atoms with van der Waals surface area (Å²) in [6, 6.07) is 0. The number of thiazole rings is 1. The van der Waals surface area contributed by atoms with Crippen LogP contribution in [0.15, 0.2) is 0 Å². The fourth-order valence-electron chi connectivity index (χ4n) is 2.87. The Balaban J connectivity index is 2.25. The zero-order valence-electron chi connectivity index (χ0n) is 11.5. The van der Waals surface area contributed by atoms with Crippen molar-refractivity contribution < 1.29 is 0 Å². The molecule has 2 rings (SSSR count). The molecule has 1 aromatic rings. The number of fused-ring (bicyclic) bond motifs is 1. The van der Waals surface area contributed by atoms with Crippen LogP contribution in [0, 0.1) is 5.92 Å². The molecule has 2 nitrogen and oxygen atoms in total. The lowest BCUT2D eigenvalue weighted by Crippen LogP contribution is -2.40. The van der Waals surface area contributed by atoms with E-state index in [4.69, 9.17) is 4.98 Å². The average Bonchev–Trinajstić information content (AvgIpc) is 2.74. The lowest BCUT2D eigenvalue weighted by molar-refractivity contribution is 0.302. The fourth-order valence-corrected chi connectivity index (χ4v) is 4.15. The first kappa shape index (κ1) is 13.0. The van der Waals surface area contributed by atoms with Gasteiger partial charge in [0.1, 0.15) is 5.01 Å². The molecule has 0 saturated carbocycles. The molecule has 17 heavy (non-hydrogen) atoms. The Morgan fingerprint density at radius 2 is 2.18 bits per heavy atom. The number of rotatable bonds is 5. The quantitative estimate of drug-likeness (QED) is 0.867. The van der Waals surface area contributed by atoms with Crippen molar-refractivity contribution in [3.8, 4) is 0 Å². The Hall–Kier alpha value is -0.410. The summed E-state index contributed by atoms with van der Waals surface area (Å²) in [4.78, 5) is 6.43. The smallest absolute Gasteiger partial charge is 0.113 e. The molecule has 96 valence electrons. The first-order valence-electron chi connectivity index (χ1n) is 6.79. The highest BCUT2D eigenvalue weighted by atomic mass is 32.1. The van der Waals surface area contributed by atoms with Gasteiger partial charge in [-0.05, 0) is 45.1 Å². The maximum absolute atomic E-state index is 4.89. The van der Waals surface area contributed by atoms with Gasteiger partial charge in [0.15, 0.2) is 0 Å². The van der Waals surface area contributed by atoms with Gasteiger partial charge in [0.05, 0.1) is 11.2 Å². The van der Waals surface area contributed by atoms with E-state index in [0.717, 1.165) is 13.0 Å². The van der Waals surface area contributed by atoms with Gasteiger partial charge in [-0.1, -0.05) is 20.8 Å². The van der Waals surface area contributed by atoms with E-state index in [0.29, 0.717) is 5.92 Å². The van der Waals surface area contributed by atoms with Gasteiger partial charge in [-0.15, -0.1) is 11.3 Å². The van der Waals surface area contributed by atoms with Gasteiger partial charge < -0.3 is 5.32 Å². The van der Waals surface area contributed by atoms with Crippen LogP contribution in [0.2, 0.25) is 0 Å². The Bertz CT molecular complexity index is 362. The highest BCUT2D eigenvalue weighted by Crippen LogP contribution is 2.36. The lowest BCUT2D eigenvalue weighted by atomic mass is 9.91. The van der Waals surface area contributed by atoms with Crippen LogP contribution in [0.5, 0.6) is 0 Å². The predicted octanol–water partition coefficient (Wildman–Crippen LogP) is 3.50. The number of hydrogen-bond acceptors (Lipinski definition) is 3. The zero-order chi connectivity index (χ0) is 12.5. The molecule has 0 aliphatic heterocycles.